The van der Waals surface area contributed by atoms with E-state index in [2.05, 4.69) is 11.3 Å². The molecule has 0 aromatic heterocycles. The summed E-state index contributed by atoms with van der Waals surface area (Å²) in [5.41, 5.74) is 0.221. The van der Waals surface area contributed by atoms with Crippen LogP contribution in [-0.4, -0.2) is 47.4 Å². The second-order valence-corrected chi connectivity index (χ2v) is 4.72. The summed E-state index contributed by atoms with van der Waals surface area (Å²) in [7, 11) is 0. The lowest BCUT2D eigenvalue weighted by molar-refractivity contribution is -0.138. The third kappa shape index (κ3) is 5.55. The summed E-state index contributed by atoms with van der Waals surface area (Å²) in [6, 6.07) is 4.46. The highest BCUT2D eigenvalue weighted by atomic mass is 16.5. The van der Waals surface area contributed by atoms with Crippen LogP contribution in [0.2, 0.25) is 0 Å². The molecule has 1 aromatic carbocycles. The molecule has 23 heavy (non-hydrogen) atoms. The molecule has 7 nitrogen and oxygen atoms in total. The van der Waals surface area contributed by atoms with Gasteiger partial charge in [-0.2, -0.15) is 0 Å². The van der Waals surface area contributed by atoms with Crippen molar-refractivity contribution in [2.75, 3.05) is 13.2 Å². The number of aromatic carboxylic acids is 1. The number of hydrogen-bond acceptors (Lipinski definition) is 6. The van der Waals surface area contributed by atoms with Crippen LogP contribution in [-0.2, 0) is 14.3 Å². The van der Waals surface area contributed by atoms with Crippen molar-refractivity contribution >= 4 is 17.9 Å². The van der Waals surface area contributed by atoms with E-state index in [9.17, 15) is 19.5 Å². The lowest BCUT2D eigenvalue weighted by Gasteiger charge is -2.13. The van der Waals surface area contributed by atoms with Crippen molar-refractivity contribution in [1.82, 2.24) is 0 Å². The number of hydrogen-bond donors (Lipinski definition) is 2. The van der Waals surface area contributed by atoms with E-state index in [1.807, 2.05) is 0 Å². The molecular formula is C16H18O7. The van der Waals surface area contributed by atoms with Crippen molar-refractivity contribution in [1.29, 1.82) is 0 Å². The molecule has 0 radical (unpaired) electrons. The molecule has 0 spiro atoms. The first-order chi connectivity index (χ1) is 10.9. The number of benzene rings is 1. The topological polar surface area (TPSA) is 110 Å². The quantitative estimate of drug-likeness (QED) is 0.548. The van der Waals surface area contributed by atoms with Crippen LogP contribution in [0.3, 0.4) is 0 Å². The summed E-state index contributed by atoms with van der Waals surface area (Å²) < 4.78 is 9.59. The van der Waals surface area contributed by atoms with Crippen molar-refractivity contribution in [3.63, 3.8) is 0 Å². The smallest absolute Gasteiger partial charge is 0.339 e. The number of carbonyl (C=O) groups is 3. The number of carboxylic acid groups (broad SMARTS) is 1. The van der Waals surface area contributed by atoms with Gasteiger partial charge in [0.2, 0.25) is 0 Å². The zero-order valence-corrected chi connectivity index (χ0v) is 12.7. The molecule has 0 saturated carbocycles. The molecule has 0 amide bonds. The first-order valence-electron chi connectivity index (χ1n) is 6.84. The van der Waals surface area contributed by atoms with E-state index in [1.165, 1.54) is 6.07 Å². The Kier molecular flexibility index (Phi) is 6.95. The fraction of sp³-hybridized carbons (Fsp3) is 0.312. The lowest BCUT2D eigenvalue weighted by atomic mass is 10.0. The normalized spacial score (nSPS) is 11.4. The molecule has 1 rings (SSSR count). The minimum atomic E-state index is -1.23. The van der Waals surface area contributed by atoms with Gasteiger partial charge < -0.3 is 19.7 Å². The number of carboxylic acids is 1. The Morgan fingerprint density at radius 1 is 1.30 bits per heavy atom. The van der Waals surface area contributed by atoms with E-state index in [0.717, 1.165) is 6.08 Å². The van der Waals surface area contributed by atoms with Gasteiger partial charge >= 0.3 is 17.9 Å². The number of esters is 2. The second kappa shape index (κ2) is 8.70. The summed E-state index contributed by atoms with van der Waals surface area (Å²) in [6.45, 7) is 4.42. The van der Waals surface area contributed by atoms with E-state index in [4.69, 9.17) is 9.84 Å². The first kappa shape index (κ1) is 18.4. The van der Waals surface area contributed by atoms with E-state index in [1.54, 1.807) is 19.1 Å². The van der Waals surface area contributed by atoms with Crippen LogP contribution < -0.4 is 0 Å². The lowest BCUT2D eigenvalue weighted by Crippen LogP contribution is -2.22. The molecule has 0 bridgehead atoms. The third-order valence-electron chi connectivity index (χ3n) is 2.98. The maximum absolute atomic E-state index is 12.0. The van der Waals surface area contributed by atoms with Gasteiger partial charge in [0.25, 0.3) is 0 Å². The van der Waals surface area contributed by atoms with Crippen molar-refractivity contribution in [2.24, 2.45) is 0 Å². The molecule has 0 fully saturated rings. The van der Waals surface area contributed by atoms with Crippen molar-refractivity contribution in [3.8, 4) is 0 Å². The van der Waals surface area contributed by atoms with Gasteiger partial charge in [0, 0.05) is 12.5 Å². The minimum absolute atomic E-state index is 0.0472. The highest BCUT2D eigenvalue weighted by molar-refractivity contribution is 6.03. The van der Waals surface area contributed by atoms with Gasteiger partial charge in [-0.1, -0.05) is 18.7 Å². The van der Waals surface area contributed by atoms with Crippen LogP contribution in [0.5, 0.6) is 0 Å². The number of aliphatic hydroxyl groups excluding tert-OH is 1. The molecule has 0 saturated heterocycles. The average molecular weight is 322 g/mol. The van der Waals surface area contributed by atoms with E-state index >= 15 is 0 Å². The Hall–Kier alpha value is -2.67. The van der Waals surface area contributed by atoms with Crippen molar-refractivity contribution in [3.05, 3.63) is 47.5 Å². The summed E-state index contributed by atoms with van der Waals surface area (Å²) in [4.78, 5) is 34.0. The number of rotatable bonds is 8. The fourth-order valence-corrected chi connectivity index (χ4v) is 1.81. The molecule has 1 unspecified atom stereocenters. The van der Waals surface area contributed by atoms with Crippen LogP contribution in [0.15, 0.2) is 30.9 Å². The Bertz CT molecular complexity index is 606. The number of ether oxygens (including phenoxy) is 2. The molecule has 0 aliphatic rings. The van der Waals surface area contributed by atoms with Crippen LogP contribution in [0.25, 0.3) is 0 Å². The zero-order valence-electron chi connectivity index (χ0n) is 12.7. The second-order valence-electron chi connectivity index (χ2n) is 4.72. The Labute approximate surface area is 133 Å². The number of aryl methyl sites for hydroxylation is 1. The van der Waals surface area contributed by atoms with E-state index in [0.29, 0.717) is 5.56 Å². The fourth-order valence-electron chi connectivity index (χ4n) is 1.81. The molecular weight excluding hydrogens is 304 g/mol. The van der Waals surface area contributed by atoms with Crippen LogP contribution in [0.4, 0.5) is 0 Å². The maximum atomic E-state index is 12.0. The molecule has 0 aliphatic heterocycles. The summed E-state index contributed by atoms with van der Waals surface area (Å²) in [6.07, 6.45) is 0.0407. The SMILES string of the molecule is C=CC(=O)OCCC(O)COC(=O)c1cccc(C)c1C(=O)O. The molecule has 0 heterocycles. The van der Waals surface area contributed by atoms with Crippen LogP contribution in [0.1, 0.15) is 32.7 Å². The zero-order chi connectivity index (χ0) is 17.4. The van der Waals surface area contributed by atoms with Gasteiger partial charge in [0.15, 0.2) is 0 Å². The predicted octanol–water partition coefficient (Wildman–Crippen LogP) is 1.33. The molecule has 1 aromatic rings. The molecule has 1 atom stereocenters. The van der Waals surface area contributed by atoms with Crippen molar-refractivity contribution < 1.29 is 34.1 Å². The predicted molar refractivity (Wildman–Crippen MR) is 80.2 cm³/mol. The third-order valence-corrected chi connectivity index (χ3v) is 2.98. The minimum Gasteiger partial charge on any atom is -0.478 e. The van der Waals surface area contributed by atoms with Crippen LogP contribution in [0, 0.1) is 6.92 Å². The number of aliphatic hydroxyl groups is 1. The summed E-state index contributed by atoms with van der Waals surface area (Å²) in [5, 5.41) is 18.8. The van der Waals surface area contributed by atoms with Gasteiger partial charge in [-0.25, -0.2) is 14.4 Å². The van der Waals surface area contributed by atoms with Gasteiger partial charge in [-0.05, 0) is 18.6 Å². The van der Waals surface area contributed by atoms with Gasteiger partial charge in [-0.3, -0.25) is 0 Å². The van der Waals surface area contributed by atoms with Crippen LogP contribution >= 0.6 is 0 Å². The standard InChI is InChI=1S/C16H18O7/c1-3-13(18)22-8-7-11(17)9-23-16(21)12-6-4-5-10(2)14(12)15(19)20/h3-6,11,17H,1,7-9H2,2H3,(H,19,20). The Morgan fingerprint density at radius 2 is 2.00 bits per heavy atom. The first-order valence-corrected chi connectivity index (χ1v) is 6.84. The van der Waals surface area contributed by atoms with Gasteiger partial charge in [0.1, 0.15) is 6.61 Å². The highest BCUT2D eigenvalue weighted by Crippen LogP contribution is 2.15. The van der Waals surface area contributed by atoms with E-state index in [-0.39, 0.29) is 30.8 Å². The summed E-state index contributed by atoms with van der Waals surface area (Å²) in [5.74, 6) is -2.68. The van der Waals surface area contributed by atoms with Gasteiger partial charge in [-0.15, -0.1) is 0 Å². The monoisotopic (exact) mass is 322 g/mol. The molecule has 0 aliphatic carbocycles. The summed E-state index contributed by atoms with van der Waals surface area (Å²) >= 11 is 0. The average Bonchev–Trinajstić information content (AvgIpc) is 2.51. The van der Waals surface area contributed by atoms with Crippen molar-refractivity contribution in [2.45, 2.75) is 19.4 Å². The molecule has 2 N–H and O–H groups in total. The molecule has 7 heteroatoms. The Balaban J connectivity index is 2.57. The van der Waals surface area contributed by atoms with Gasteiger partial charge in [0.05, 0.1) is 23.8 Å². The highest BCUT2D eigenvalue weighted by Gasteiger charge is 2.20. The molecule has 124 valence electrons. The Morgan fingerprint density at radius 3 is 2.61 bits per heavy atom. The largest absolute Gasteiger partial charge is 0.478 e. The van der Waals surface area contributed by atoms with E-state index < -0.39 is 24.0 Å². The number of carbonyl (C=O) groups excluding carboxylic acids is 2. The maximum Gasteiger partial charge on any atom is 0.339 e.